The Kier molecular flexibility index (Phi) is 4.54. The molecule has 1 heterocycles. The van der Waals surface area contributed by atoms with E-state index in [1.54, 1.807) is 0 Å². The SMILES string of the molecule is CC.CC1=CC(=O)N(O)CC1. The Bertz CT molecular complexity index is 163. The Morgan fingerprint density at radius 2 is 2.09 bits per heavy atom. The number of hydroxylamine groups is 2. The maximum atomic E-state index is 10.6. The summed E-state index contributed by atoms with van der Waals surface area (Å²) in [5.74, 6) is -0.307. The van der Waals surface area contributed by atoms with Gasteiger partial charge in [-0.3, -0.25) is 10.0 Å². The van der Waals surface area contributed by atoms with Crippen molar-refractivity contribution in [1.29, 1.82) is 0 Å². The first-order valence-electron chi connectivity index (χ1n) is 3.87. The van der Waals surface area contributed by atoms with Crippen LogP contribution in [0.2, 0.25) is 0 Å². The van der Waals surface area contributed by atoms with Gasteiger partial charge in [0.25, 0.3) is 5.91 Å². The highest BCUT2D eigenvalue weighted by molar-refractivity contribution is 5.88. The van der Waals surface area contributed by atoms with Crippen LogP contribution in [-0.4, -0.2) is 22.7 Å². The molecule has 3 nitrogen and oxygen atoms in total. The number of carbonyl (C=O) groups is 1. The van der Waals surface area contributed by atoms with Crippen LogP contribution < -0.4 is 0 Å². The van der Waals surface area contributed by atoms with Gasteiger partial charge in [-0.25, -0.2) is 5.06 Å². The topological polar surface area (TPSA) is 40.5 Å². The second-order valence-corrected chi connectivity index (χ2v) is 2.20. The standard InChI is InChI=1S/C6H9NO2.C2H6/c1-5-2-3-7(9)6(8)4-5;1-2/h4,9H,2-3H2,1H3;1-2H3. The van der Waals surface area contributed by atoms with Crippen molar-refractivity contribution >= 4 is 5.91 Å². The van der Waals surface area contributed by atoms with Crippen LogP contribution in [0.3, 0.4) is 0 Å². The molecular formula is C8H15NO2. The molecule has 0 bridgehead atoms. The highest BCUT2D eigenvalue weighted by Crippen LogP contribution is 2.07. The molecule has 0 radical (unpaired) electrons. The second kappa shape index (κ2) is 4.91. The zero-order chi connectivity index (χ0) is 8.85. The zero-order valence-electron chi connectivity index (χ0n) is 7.29. The normalized spacial score (nSPS) is 16.9. The summed E-state index contributed by atoms with van der Waals surface area (Å²) in [6.45, 7) is 6.31. The van der Waals surface area contributed by atoms with Crippen molar-refractivity contribution in [1.82, 2.24) is 5.06 Å². The molecule has 0 aromatic heterocycles. The molecule has 1 N–H and O–H groups in total. The van der Waals surface area contributed by atoms with E-state index in [4.69, 9.17) is 5.21 Å². The molecule has 1 rings (SSSR count). The molecule has 1 aliphatic rings. The molecule has 0 unspecified atom stereocenters. The van der Waals surface area contributed by atoms with E-state index in [1.165, 1.54) is 6.08 Å². The minimum Gasteiger partial charge on any atom is -0.286 e. The van der Waals surface area contributed by atoms with Gasteiger partial charge in [-0.05, 0) is 13.3 Å². The lowest BCUT2D eigenvalue weighted by Gasteiger charge is -2.17. The van der Waals surface area contributed by atoms with E-state index in [0.29, 0.717) is 6.54 Å². The molecule has 3 heteroatoms. The molecule has 11 heavy (non-hydrogen) atoms. The summed E-state index contributed by atoms with van der Waals surface area (Å²) >= 11 is 0. The van der Waals surface area contributed by atoms with Crippen molar-refractivity contribution in [2.75, 3.05) is 6.54 Å². The van der Waals surface area contributed by atoms with Crippen molar-refractivity contribution in [3.63, 3.8) is 0 Å². The van der Waals surface area contributed by atoms with Gasteiger partial charge >= 0.3 is 0 Å². The summed E-state index contributed by atoms with van der Waals surface area (Å²) in [6.07, 6.45) is 2.23. The Hall–Kier alpha value is -0.830. The molecule has 64 valence electrons. The van der Waals surface area contributed by atoms with E-state index in [9.17, 15) is 4.79 Å². The van der Waals surface area contributed by atoms with Gasteiger partial charge in [-0.2, -0.15) is 0 Å². The van der Waals surface area contributed by atoms with Gasteiger partial charge < -0.3 is 0 Å². The summed E-state index contributed by atoms with van der Waals surface area (Å²) < 4.78 is 0. The first-order valence-corrected chi connectivity index (χ1v) is 3.87. The zero-order valence-corrected chi connectivity index (χ0v) is 7.29. The fraction of sp³-hybridized carbons (Fsp3) is 0.625. The molecule has 0 fully saturated rings. The lowest BCUT2D eigenvalue weighted by Crippen LogP contribution is -2.30. The molecule has 0 aliphatic carbocycles. The first-order chi connectivity index (χ1) is 5.20. The Morgan fingerprint density at radius 1 is 1.55 bits per heavy atom. The number of hydrogen-bond donors (Lipinski definition) is 1. The quantitative estimate of drug-likeness (QED) is 0.542. The van der Waals surface area contributed by atoms with Crippen molar-refractivity contribution < 1.29 is 10.0 Å². The van der Waals surface area contributed by atoms with Gasteiger partial charge in [-0.15, -0.1) is 0 Å². The van der Waals surface area contributed by atoms with E-state index in [2.05, 4.69) is 0 Å². The van der Waals surface area contributed by atoms with Gasteiger partial charge in [0.15, 0.2) is 0 Å². The van der Waals surface area contributed by atoms with E-state index >= 15 is 0 Å². The molecule has 0 spiro atoms. The third kappa shape index (κ3) is 3.18. The van der Waals surface area contributed by atoms with Crippen LogP contribution in [0.25, 0.3) is 0 Å². The average molecular weight is 157 g/mol. The fourth-order valence-corrected chi connectivity index (χ4v) is 0.750. The highest BCUT2D eigenvalue weighted by Gasteiger charge is 2.12. The van der Waals surface area contributed by atoms with E-state index in [0.717, 1.165) is 17.1 Å². The maximum absolute atomic E-state index is 10.6. The number of amides is 1. The molecule has 1 aliphatic heterocycles. The molecule has 0 atom stereocenters. The average Bonchev–Trinajstić information content (AvgIpc) is 2.02. The predicted molar refractivity (Wildman–Crippen MR) is 43.2 cm³/mol. The molecule has 1 amide bonds. The van der Waals surface area contributed by atoms with E-state index in [-0.39, 0.29) is 5.91 Å². The van der Waals surface area contributed by atoms with Gasteiger partial charge in [-0.1, -0.05) is 19.4 Å². The van der Waals surface area contributed by atoms with Crippen LogP contribution in [0.1, 0.15) is 27.2 Å². The van der Waals surface area contributed by atoms with Crippen LogP contribution in [-0.2, 0) is 4.79 Å². The minimum absolute atomic E-state index is 0.307. The predicted octanol–water partition coefficient (Wildman–Crippen LogP) is 1.58. The Balaban J connectivity index is 0.000000461. The minimum atomic E-state index is -0.307. The summed E-state index contributed by atoms with van der Waals surface area (Å²) in [4.78, 5) is 10.6. The third-order valence-corrected chi connectivity index (χ3v) is 1.34. The molecule has 0 aromatic rings. The lowest BCUT2D eigenvalue weighted by atomic mass is 10.1. The first kappa shape index (κ1) is 10.2. The monoisotopic (exact) mass is 157 g/mol. The maximum Gasteiger partial charge on any atom is 0.269 e. The van der Waals surface area contributed by atoms with E-state index in [1.807, 2.05) is 20.8 Å². The van der Waals surface area contributed by atoms with Crippen molar-refractivity contribution in [2.45, 2.75) is 27.2 Å². The summed E-state index contributed by atoms with van der Waals surface area (Å²) in [5.41, 5.74) is 1.03. The molecule has 0 aromatic carbocycles. The van der Waals surface area contributed by atoms with Gasteiger partial charge in [0.2, 0.25) is 0 Å². The van der Waals surface area contributed by atoms with Crippen molar-refractivity contribution in [2.24, 2.45) is 0 Å². The van der Waals surface area contributed by atoms with E-state index < -0.39 is 0 Å². The summed E-state index contributed by atoms with van der Waals surface area (Å²) in [7, 11) is 0. The molecule has 0 saturated heterocycles. The van der Waals surface area contributed by atoms with Crippen LogP contribution in [0.15, 0.2) is 11.6 Å². The van der Waals surface area contributed by atoms with Gasteiger partial charge in [0.05, 0.1) is 6.54 Å². The fourth-order valence-electron chi connectivity index (χ4n) is 0.750. The van der Waals surface area contributed by atoms with Crippen LogP contribution in [0, 0.1) is 0 Å². The van der Waals surface area contributed by atoms with Crippen LogP contribution >= 0.6 is 0 Å². The summed E-state index contributed by atoms with van der Waals surface area (Å²) in [5, 5.41) is 9.46. The Labute approximate surface area is 67.3 Å². The highest BCUT2D eigenvalue weighted by atomic mass is 16.5. The van der Waals surface area contributed by atoms with Crippen molar-refractivity contribution in [3.8, 4) is 0 Å². The lowest BCUT2D eigenvalue weighted by molar-refractivity contribution is -0.160. The molecular weight excluding hydrogens is 142 g/mol. The van der Waals surface area contributed by atoms with Crippen LogP contribution in [0.5, 0.6) is 0 Å². The molecule has 0 saturated carbocycles. The van der Waals surface area contributed by atoms with Gasteiger partial charge in [0.1, 0.15) is 0 Å². The largest absolute Gasteiger partial charge is 0.286 e. The summed E-state index contributed by atoms with van der Waals surface area (Å²) in [6, 6.07) is 0. The smallest absolute Gasteiger partial charge is 0.269 e. The van der Waals surface area contributed by atoms with Gasteiger partial charge in [0, 0.05) is 6.08 Å². The number of nitrogens with zero attached hydrogens (tertiary/aromatic N) is 1. The van der Waals surface area contributed by atoms with Crippen molar-refractivity contribution in [3.05, 3.63) is 11.6 Å². The van der Waals surface area contributed by atoms with Crippen LogP contribution in [0.4, 0.5) is 0 Å². The number of hydrogen-bond acceptors (Lipinski definition) is 2. The third-order valence-electron chi connectivity index (χ3n) is 1.34. The Morgan fingerprint density at radius 3 is 2.45 bits per heavy atom. The second-order valence-electron chi connectivity index (χ2n) is 2.20. The number of carbonyl (C=O) groups excluding carboxylic acids is 1. The number of rotatable bonds is 0.